The van der Waals surface area contributed by atoms with Crippen molar-refractivity contribution < 1.29 is 19.6 Å². The Bertz CT molecular complexity index is 956. The fourth-order valence-corrected chi connectivity index (χ4v) is 4.56. The molecule has 0 saturated heterocycles. The van der Waals surface area contributed by atoms with Gasteiger partial charge in [0.15, 0.2) is 0 Å². The lowest BCUT2D eigenvalue weighted by molar-refractivity contribution is -0.575. The van der Waals surface area contributed by atoms with Crippen molar-refractivity contribution in [1.29, 1.82) is 0 Å². The van der Waals surface area contributed by atoms with E-state index in [1.54, 1.807) is 12.1 Å². The molecule has 0 aliphatic heterocycles. The number of carboxylic acid groups (broad SMARTS) is 1. The Kier molecular flexibility index (Phi) is 6.58. The predicted octanol–water partition coefficient (Wildman–Crippen LogP) is 6.18. The summed E-state index contributed by atoms with van der Waals surface area (Å²) >= 11 is 0. The topological polar surface area (TPSA) is 89.7 Å². The number of carboxylic acids is 1. The summed E-state index contributed by atoms with van der Waals surface area (Å²) in [4.78, 5) is 22.3. The highest BCUT2D eigenvalue weighted by Crippen LogP contribution is 2.39. The first-order valence-corrected chi connectivity index (χ1v) is 11.1. The molecule has 0 bridgehead atoms. The molecule has 0 aromatic heterocycles. The molecular weight excluding hydrogens is 394 g/mol. The van der Waals surface area contributed by atoms with Crippen molar-refractivity contribution in [2.45, 2.75) is 77.9 Å². The molecule has 0 spiro atoms. The number of nitro groups is 1. The zero-order chi connectivity index (χ0) is 22.8. The molecule has 168 valence electrons. The first-order valence-electron chi connectivity index (χ1n) is 11.1. The van der Waals surface area contributed by atoms with Crippen molar-refractivity contribution in [3.05, 3.63) is 52.1 Å². The molecule has 1 saturated carbocycles. The van der Waals surface area contributed by atoms with Crippen LogP contribution in [0.5, 0.6) is 5.75 Å². The fraction of sp³-hybridized carbons (Fsp3) is 0.560. The van der Waals surface area contributed by atoms with E-state index >= 15 is 0 Å². The van der Waals surface area contributed by atoms with Gasteiger partial charge in [-0.05, 0) is 66.0 Å². The van der Waals surface area contributed by atoms with E-state index in [0.717, 1.165) is 35.3 Å². The van der Waals surface area contributed by atoms with Crippen LogP contribution in [0.3, 0.4) is 0 Å². The van der Waals surface area contributed by atoms with Crippen LogP contribution in [-0.4, -0.2) is 22.1 Å². The molecule has 0 heterocycles. The highest BCUT2D eigenvalue weighted by atomic mass is 16.6. The van der Waals surface area contributed by atoms with Gasteiger partial charge in [-0.15, -0.1) is 0 Å². The maximum absolute atomic E-state index is 11.7. The summed E-state index contributed by atoms with van der Waals surface area (Å²) in [5, 5.41) is 22.5. The quantitative estimate of drug-likeness (QED) is 0.421. The van der Waals surface area contributed by atoms with E-state index in [2.05, 4.69) is 20.8 Å². The minimum absolute atomic E-state index is 0.0563. The second-order valence-electron chi connectivity index (χ2n) is 10.1. The van der Waals surface area contributed by atoms with Gasteiger partial charge in [-0.2, -0.15) is 0 Å². The summed E-state index contributed by atoms with van der Waals surface area (Å²) in [5.41, 5.74) is -0.581. The number of carbonyl (C=O) groups is 1. The van der Waals surface area contributed by atoms with E-state index in [1.165, 1.54) is 19.8 Å². The smallest absolute Gasteiger partial charge is 0.303 e. The highest BCUT2D eigenvalue weighted by molar-refractivity contribution is 5.84. The van der Waals surface area contributed by atoms with Gasteiger partial charge in [0.05, 0.1) is 12.5 Å². The molecule has 3 rings (SSSR count). The minimum atomic E-state index is -1.44. The number of hydrogen-bond donors (Lipinski definition) is 1. The lowest BCUT2D eigenvalue weighted by atomic mass is 9.72. The number of fused-ring (bicyclic) bond motifs is 1. The number of benzene rings is 2. The average Bonchev–Trinajstić information content (AvgIpc) is 2.71. The van der Waals surface area contributed by atoms with E-state index in [1.807, 2.05) is 24.3 Å². The Balaban J connectivity index is 1.74. The van der Waals surface area contributed by atoms with E-state index in [0.29, 0.717) is 11.0 Å². The van der Waals surface area contributed by atoms with Crippen LogP contribution in [0.25, 0.3) is 10.8 Å². The van der Waals surface area contributed by atoms with Crippen LogP contribution in [0.15, 0.2) is 36.4 Å². The second-order valence-corrected chi connectivity index (χ2v) is 10.1. The molecule has 6 nitrogen and oxygen atoms in total. The molecule has 1 unspecified atom stereocenters. The molecule has 6 heteroatoms. The number of aliphatic carboxylic acids is 1. The van der Waals surface area contributed by atoms with Gasteiger partial charge in [0.25, 0.3) is 0 Å². The third-order valence-electron chi connectivity index (χ3n) is 6.86. The van der Waals surface area contributed by atoms with E-state index in [4.69, 9.17) is 9.84 Å². The fourth-order valence-electron chi connectivity index (χ4n) is 4.56. The van der Waals surface area contributed by atoms with Crippen LogP contribution in [0.4, 0.5) is 0 Å². The molecule has 0 amide bonds. The summed E-state index contributed by atoms with van der Waals surface area (Å²) in [6.45, 7) is 8.41. The lowest BCUT2D eigenvalue weighted by Crippen LogP contribution is -2.32. The Labute approximate surface area is 183 Å². The number of rotatable bonds is 7. The SMILES string of the molecule is CC(C)(C)C1CCC(Oc2ccc3cc(C(C)(CCC(=O)O)[N+](=O)[O-])ccc3c2)CC1. The molecule has 1 fully saturated rings. The molecule has 0 radical (unpaired) electrons. The molecule has 1 atom stereocenters. The first kappa shape index (κ1) is 23.0. The van der Waals surface area contributed by atoms with Crippen molar-refractivity contribution in [3.8, 4) is 5.75 Å². The van der Waals surface area contributed by atoms with Crippen LogP contribution in [-0.2, 0) is 10.3 Å². The maximum Gasteiger partial charge on any atom is 0.303 e. The van der Waals surface area contributed by atoms with Crippen LogP contribution < -0.4 is 4.74 Å². The van der Waals surface area contributed by atoms with Crippen LogP contribution >= 0.6 is 0 Å². The molecule has 1 aliphatic carbocycles. The normalized spacial score (nSPS) is 21.4. The highest BCUT2D eigenvalue weighted by Gasteiger charge is 2.39. The molecule has 2 aromatic rings. The lowest BCUT2D eigenvalue weighted by Gasteiger charge is -2.37. The zero-order valence-corrected chi connectivity index (χ0v) is 18.9. The van der Waals surface area contributed by atoms with Gasteiger partial charge < -0.3 is 9.84 Å². The van der Waals surface area contributed by atoms with Gasteiger partial charge in [0.1, 0.15) is 5.75 Å². The molecule has 31 heavy (non-hydrogen) atoms. The molecular formula is C25H33NO5. The maximum atomic E-state index is 11.7. The van der Waals surface area contributed by atoms with Crippen LogP contribution in [0.1, 0.15) is 71.8 Å². The van der Waals surface area contributed by atoms with E-state index in [-0.39, 0.29) is 23.9 Å². The van der Waals surface area contributed by atoms with Crippen LogP contribution in [0, 0.1) is 21.4 Å². The van der Waals surface area contributed by atoms with Crippen molar-refractivity contribution in [2.75, 3.05) is 0 Å². The summed E-state index contributed by atoms with van der Waals surface area (Å²) in [5.74, 6) is 0.522. The Morgan fingerprint density at radius 1 is 1.06 bits per heavy atom. The van der Waals surface area contributed by atoms with Crippen molar-refractivity contribution in [1.82, 2.24) is 0 Å². The molecule has 1 aliphatic rings. The summed E-state index contributed by atoms with van der Waals surface area (Å²) in [6, 6.07) is 11.2. The Morgan fingerprint density at radius 3 is 2.26 bits per heavy atom. The Hall–Kier alpha value is -2.63. The summed E-state index contributed by atoms with van der Waals surface area (Å²) in [7, 11) is 0. The van der Waals surface area contributed by atoms with Crippen molar-refractivity contribution in [2.24, 2.45) is 11.3 Å². The van der Waals surface area contributed by atoms with Gasteiger partial charge in [0.2, 0.25) is 5.54 Å². The third kappa shape index (κ3) is 5.35. The minimum Gasteiger partial charge on any atom is -0.490 e. The van der Waals surface area contributed by atoms with Gasteiger partial charge >= 0.3 is 5.97 Å². The zero-order valence-electron chi connectivity index (χ0n) is 18.9. The Morgan fingerprint density at radius 2 is 1.68 bits per heavy atom. The average molecular weight is 428 g/mol. The second kappa shape index (κ2) is 8.85. The third-order valence-corrected chi connectivity index (χ3v) is 6.86. The van der Waals surface area contributed by atoms with Gasteiger partial charge in [-0.1, -0.05) is 39.0 Å². The van der Waals surface area contributed by atoms with Gasteiger partial charge in [-0.25, -0.2) is 0 Å². The number of nitrogens with zero attached hydrogens (tertiary/aromatic N) is 1. The first-order chi connectivity index (χ1) is 14.5. The van der Waals surface area contributed by atoms with Gasteiger partial charge in [-0.3, -0.25) is 14.9 Å². The molecule has 1 N–H and O–H groups in total. The van der Waals surface area contributed by atoms with Crippen molar-refractivity contribution in [3.63, 3.8) is 0 Å². The monoisotopic (exact) mass is 427 g/mol. The van der Waals surface area contributed by atoms with Crippen molar-refractivity contribution >= 4 is 16.7 Å². The summed E-state index contributed by atoms with van der Waals surface area (Å²) in [6.07, 6.45) is 4.40. The standard InChI is InChI=1S/C25H33NO5/c1-24(2,3)19-8-11-21(12-9-19)31-22-10-6-17-15-20(7-5-18(17)16-22)25(4,26(29)30)14-13-23(27)28/h5-7,10,15-16,19,21H,8-9,11-14H2,1-4H3,(H,27,28). The number of ether oxygens (including phenoxy) is 1. The van der Waals surface area contributed by atoms with E-state index in [9.17, 15) is 14.9 Å². The summed E-state index contributed by atoms with van der Waals surface area (Å²) < 4.78 is 6.25. The largest absolute Gasteiger partial charge is 0.490 e. The predicted molar refractivity (Wildman–Crippen MR) is 121 cm³/mol. The van der Waals surface area contributed by atoms with Gasteiger partial charge in [0, 0.05) is 23.8 Å². The van der Waals surface area contributed by atoms with Crippen LogP contribution in [0.2, 0.25) is 0 Å². The van der Waals surface area contributed by atoms with E-state index < -0.39 is 11.5 Å². The number of hydrogen-bond acceptors (Lipinski definition) is 4. The molecule has 2 aromatic carbocycles.